The van der Waals surface area contributed by atoms with Gasteiger partial charge in [-0.1, -0.05) is 48.0 Å². The van der Waals surface area contributed by atoms with Crippen molar-refractivity contribution in [2.45, 2.75) is 11.4 Å². The first-order valence-electron chi connectivity index (χ1n) is 8.69. The van der Waals surface area contributed by atoms with Gasteiger partial charge in [0.2, 0.25) is 10.0 Å². The van der Waals surface area contributed by atoms with Crippen LogP contribution in [0, 0.1) is 0 Å². The quantitative estimate of drug-likeness (QED) is 0.698. The van der Waals surface area contributed by atoms with Gasteiger partial charge >= 0.3 is 11.9 Å². The van der Waals surface area contributed by atoms with E-state index in [9.17, 15) is 8.42 Å². The minimum Gasteiger partial charge on any atom is -0.473 e. The molecule has 2 aromatic carbocycles. The zero-order valence-corrected chi connectivity index (χ0v) is 17.0. The molecule has 8 nitrogen and oxygen atoms in total. The maximum atomic E-state index is 12.6. The van der Waals surface area contributed by atoms with E-state index < -0.39 is 22.0 Å². The highest BCUT2D eigenvalue weighted by atomic mass is 35.5. The number of aliphatic carboxylic acids is 2. The molecule has 2 aromatic rings. The van der Waals surface area contributed by atoms with E-state index in [1.807, 2.05) is 30.3 Å². The van der Waals surface area contributed by atoms with Crippen LogP contribution in [0.5, 0.6) is 0 Å². The van der Waals surface area contributed by atoms with Gasteiger partial charge in [0.05, 0.1) is 4.90 Å². The maximum absolute atomic E-state index is 12.6. The van der Waals surface area contributed by atoms with Gasteiger partial charge in [0.1, 0.15) is 0 Å². The second kappa shape index (κ2) is 10.4. The third kappa shape index (κ3) is 6.53. The SMILES string of the molecule is O=C(O)C(=O)O.O=S(=O)(c1ccccc1)N1CCN(Cc2ccccc2Cl)CC1. The van der Waals surface area contributed by atoms with Gasteiger partial charge in [-0.25, -0.2) is 18.0 Å². The molecule has 0 amide bonds. The van der Waals surface area contributed by atoms with Crippen molar-refractivity contribution in [1.82, 2.24) is 9.21 Å². The number of rotatable bonds is 4. The van der Waals surface area contributed by atoms with Crippen molar-refractivity contribution in [3.8, 4) is 0 Å². The molecule has 0 saturated carbocycles. The van der Waals surface area contributed by atoms with Gasteiger partial charge < -0.3 is 10.2 Å². The number of carboxylic acids is 2. The number of piperazine rings is 1. The lowest BCUT2D eigenvalue weighted by Gasteiger charge is -2.34. The molecule has 10 heteroatoms. The zero-order valence-electron chi connectivity index (χ0n) is 15.4. The molecule has 0 radical (unpaired) electrons. The molecule has 0 bridgehead atoms. The summed E-state index contributed by atoms with van der Waals surface area (Å²) in [6, 6.07) is 16.4. The van der Waals surface area contributed by atoms with Crippen LogP contribution in [0.2, 0.25) is 5.02 Å². The van der Waals surface area contributed by atoms with Gasteiger partial charge in [-0.2, -0.15) is 4.31 Å². The Kier molecular flexibility index (Phi) is 8.15. The summed E-state index contributed by atoms with van der Waals surface area (Å²) in [6.07, 6.45) is 0. The fraction of sp³-hybridized carbons (Fsp3) is 0.263. The van der Waals surface area contributed by atoms with Crippen LogP contribution in [-0.2, 0) is 26.2 Å². The number of sulfonamides is 1. The highest BCUT2D eigenvalue weighted by molar-refractivity contribution is 7.89. The van der Waals surface area contributed by atoms with Gasteiger partial charge in [0, 0.05) is 37.7 Å². The second-order valence-corrected chi connectivity index (χ2v) is 8.54. The molecule has 1 fully saturated rings. The number of hydrogen-bond donors (Lipinski definition) is 2. The molecule has 1 aliphatic heterocycles. The summed E-state index contributed by atoms with van der Waals surface area (Å²) in [5.74, 6) is -3.65. The number of halogens is 1. The van der Waals surface area contributed by atoms with Crippen molar-refractivity contribution >= 4 is 33.6 Å². The maximum Gasteiger partial charge on any atom is 0.414 e. The van der Waals surface area contributed by atoms with Gasteiger partial charge in [-0.3, -0.25) is 4.90 Å². The fourth-order valence-electron chi connectivity index (χ4n) is 2.74. The number of nitrogens with zero attached hydrogens (tertiary/aromatic N) is 2. The third-order valence-electron chi connectivity index (χ3n) is 4.25. The Morgan fingerprint density at radius 1 is 0.862 bits per heavy atom. The van der Waals surface area contributed by atoms with Crippen molar-refractivity contribution < 1.29 is 28.2 Å². The van der Waals surface area contributed by atoms with Gasteiger partial charge in [0.15, 0.2) is 0 Å². The van der Waals surface area contributed by atoms with E-state index in [1.54, 1.807) is 28.6 Å². The van der Waals surface area contributed by atoms with Crippen molar-refractivity contribution in [2.24, 2.45) is 0 Å². The van der Waals surface area contributed by atoms with E-state index in [1.165, 1.54) is 0 Å². The molecule has 0 spiro atoms. The molecule has 1 saturated heterocycles. The highest BCUT2D eigenvalue weighted by Gasteiger charge is 2.28. The summed E-state index contributed by atoms with van der Waals surface area (Å²) in [5.41, 5.74) is 1.08. The van der Waals surface area contributed by atoms with Crippen LogP contribution in [0.4, 0.5) is 0 Å². The van der Waals surface area contributed by atoms with Crippen LogP contribution in [0.25, 0.3) is 0 Å². The van der Waals surface area contributed by atoms with Gasteiger partial charge in [-0.15, -0.1) is 0 Å². The minimum absolute atomic E-state index is 0.361. The van der Waals surface area contributed by atoms with Crippen molar-refractivity contribution in [1.29, 1.82) is 0 Å². The molecule has 3 rings (SSSR count). The van der Waals surface area contributed by atoms with E-state index in [-0.39, 0.29) is 0 Å². The Labute approximate surface area is 174 Å². The van der Waals surface area contributed by atoms with Crippen LogP contribution < -0.4 is 0 Å². The van der Waals surface area contributed by atoms with Crippen molar-refractivity contribution in [2.75, 3.05) is 26.2 Å². The average molecular weight is 441 g/mol. The Morgan fingerprint density at radius 3 is 1.90 bits per heavy atom. The van der Waals surface area contributed by atoms with Crippen LogP contribution in [0.3, 0.4) is 0 Å². The molecule has 0 atom stereocenters. The number of carboxylic acid groups (broad SMARTS) is 2. The van der Waals surface area contributed by atoms with E-state index in [4.69, 9.17) is 31.4 Å². The number of benzene rings is 2. The number of hydrogen-bond acceptors (Lipinski definition) is 5. The van der Waals surface area contributed by atoms with Crippen molar-refractivity contribution in [3.63, 3.8) is 0 Å². The lowest BCUT2D eigenvalue weighted by molar-refractivity contribution is -0.159. The summed E-state index contributed by atoms with van der Waals surface area (Å²) in [5, 5.41) is 15.5. The van der Waals surface area contributed by atoms with E-state index in [0.717, 1.165) is 17.1 Å². The predicted octanol–water partition coefficient (Wildman–Crippen LogP) is 2.00. The topological polar surface area (TPSA) is 115 Å². The summed E-state index contributed by atoms with van der Waals surface area (Å²) < 4.78 is 26.7. The van der Waals surface area contributed by atoms with Crippen LogP contribution >= 0.6 is 11.6 Å². The first-order valence-corrected chi connectivity index (χ1v) is 10.5. The normalized spacial score (nSPS) is 15.2. The third-order valence-corrected chi connectivity index (χ3v) is 6.53. The van der Waals surface area contributed by atoms with Crippen LogP contribution in [0.15, 0.2) is 59.5 Å². The van der Waals surface area contributed by atoms with Crippen LogP contribution in [0.1, 0.15) is 5.56 Å². The Balaban J connectivity index is 0.000000438. The second-order valence-electron chi connectivity index (χ2n) is 6.20. The number of carbonyl (C=O) groups is 2. The van der Waals surface area contributed by atoms with Crippen LogP contribution in [-0.4, -0.2) is 66.0 Å². The predicted molar refractivity (Wildman–Crippen MR) is 107 cm³/mol. The first-order chi connectivity index (χ1) is 13.7. The summed E-state index contributed by atoms with van der Waals surface area (Å²) in [4.78, 5) is 20.8. The molecule has 1 heterocycles. The molecule has 0 unspecified atom stereocenters. The molecular formula is C19H21ClN2O6S. The first kappa shape index (κ1) is 22.8. The molecule has 29 heavy (non-hydrogen) atoms. The van der Waals surface area contributed by atoms with Crippen molar-refractivity contribution in [3.05, 3.63) is 65.2 Å². The Morgan fingerprint density at radius 2 is 1.38 bits per heavy atom. The molecule has 0 aromatic heterocycles. The molecule has 1 aliphatic rings. The average Bonchev–Trinajstić information content (AvgIpc) is 2.71. The zero-order chi connectivity index (χ0) is 21.4. The molecule has 2 N–H and O–H groups in total. The minimum atomic E-state index is -3.39. The lowest BCUT2D eigenvalue weighted by atomic mass is 10.2. The van der Waals surface area contributed by atoms with E-state index >= 15 is 0 Å². The smallest absolute Gasteiger partial charge is 0.414 e. The van der Waals surface area contributed by atoms with Gasteiger partial charge in [0.25, 0.3) is 0 Å². The summed E-state index contributed by atoms with van der Waals surface area (Å²) >= 11 is 6.19. The lowest BCUT2D eigenvalue weighted by Crippen LogP contribution is -2.48. The highest BCUT2D eigenvalue weighted by Crippen LogP contribution is 2.20. The Hall–Kier alpha value is -2.46. The van der Waals surface area contributed by atoms with Gasteiger partial charge in [-0.05, 0) is 23.8 Å². The molecule has 0 aliphatic carbocycles. The summed E-state index contributed by atoms with van der Waals surface area (Å²) in [7, 11) is -3.39. The fourth-order valence-corrected chi connectivity index (χ4v) is 4.38. The Bertz CT molecular complexity index is 932. The molecule has 156 valence electrons. The van der Waals surface area contributed by atoms with E-state index in [2.05, 4.69) is 4.90 Å². The monoisotopic (exact) mass is 440 g/mol. The largest absolute Gasteiger partial charge is 0.473 e. The molecular weight excluding hydrogens is 420 g/mol. The summed E-state index contributed by atoms with van der Waals surface area (Å²) in [6.45, 7) is 3.16. The standard InChI is InChI=1S/C17H19ClN2O2S.C2H2O4/c18-17-9-5-4-6-15(17)14-19-10-12-20(13-11-19)23(21,22)16-7-2-1-3-8-16;3-1(4)2(5)6/h1-9H,10-14H2;(H,3,4)(H,5,6). The van der Waals surface area contributed by atoms with E-state index in [0.29, 0.717) is 31.1 Å².